The average molecular weight is 254 g/mol. The Morgan fingerprint density at radius 2 is 1.61 bits per heavy atom. The predicted molar refractivity (Wildman–Crippen MR) is 81.0 cm³/mol. The molecule has 1 heterocycles. The summed E-state index contributed by atoms with van der Waals surface area (Å²) in [6, 6.07) is 0.593. The minimum atomic E-state index is 0.272. The van der Waals surface area contributed by atoms with Crippen LogP contribution < -0.4 is 5.32 Å². The zero-order valence-electron chi connectivity index (χ0n) is 13.3. The molecule has 0 amide bonds. The zero-order chi connectivity index (χ0) is 13.6. The molecule has 1 saturated heterocycles. The summed E-state index contributed by atoms with van der Waals surface area (Å²) in [5.74, 6) is 0.690. The Labute approximate surface area is 115 Å². The van der Waals surface area contributed by atoms with Crippen molar-refractivity contribution in [2.24, 2.45) is 5.92 Å². The van der Waals surface area contributed by atoms with E-state index in [4.69, 9.17) is 0 Å². The summed E-state index contributed by atoms with van der Waals surface area (Å²) in [5.41, 5.74) is 0.272. The fourth-order valence-corrected chi connectivity index (χ4v) is 3.44. The van der Waals surface area contributed by atoms with Crippen molar-refractivity contribution in [3.8, 4) is 0 Å². The molecule has 0 aromatic heterocycles. The standard InChI is InChI=1S/C16H34N2/c1-6-11-17-15(14(2)3)16(4,5)18-12-9-7-8-10-13-18/h14-15,17H,6-13H2,1-5H3. The number of likely N-dealkylation sites (tertiary alicyclic amines) is 1. The number of nitrogens with zero attached hydrogens (tertiary/aromatic N) is 1. The predicted octanol–water partition coefficient (Wildman–Crippen LogP) is 3.67. The SMILES string of the molecule is CCCNC(C(C)C)C(C)(C)N1CCCCCC1. The van der Waals surface area contributed by atoms with Crippen LogP contribution in [0.2, 0.25) is 0 Å². The van der Waals surface area contributed by atoms with Crippen LogP contribution in [0, 0.1) is 5.92 Å². The number of hydrogen-bond donors (Lipinski definition) is 1. The molecule has 0 aliphatic carbocycles. The zero-order valence-corrected chi connectivity index (χ0v) is 13.3. The van der Waals surface area contributed by atoms with Crippen molar-refractivity contribution in [1.29, 1.82) is 0 Å². The van der Waals surface area contributed by atoms with Gasteiger partial charge in [0.25, 0.3) is 0 Å². The van der Waals surface area contributed by atoms with E-state index in [0.29, 0.717) is 12.0 Å². The van der Waals surface area contributed by atoms with Crippen LogP contribution >= 0.6 is 0 Å². The van der Waals surface area contributed by atoms with Crippen molar-refractivity contribution in [2.75, 3.05) is 19.6 Å². The molecule has 0 spiro atoms. The molecule has 0 aromatic carbocycles. The Morgan fingerprint density at radius 3 is 2.06 bits per heavy atom. The molecule has 1 unspecified atom stereocenters. The highest BCUT2D eigenvalue weighted by Gasteiger charge is 2.36. The van der Waals surface area contributed by atoms with Crippen LogP contribution in [0.5, 0.6) is 0 Å². The monoisotopic (exact) mass is 254 g/mol. The van der Waals surface area contributed by atoms with Crippen LogP contribution in [0.15, 0.2) is 0 Å². The third-order valence-corrected chi connectivity index (χ3v) is 4.46. The molecule has 0 aromatic rings. The van der Waals surface area contributed by atoms with Gasteiger partial charge in [-0.25, -0.2) is 0 Å². The Hall–Kier alpha value is -0.0800. The van der Waals surface area contributed by atoms with Crippen LogP contribution in [0.4, 0.5) is 0 Å². The Morgan fingerprint density at radius 1 is 1.06 bits per heavy atom. The van der Waals surface area contributed by atoms with Gasteiger partial charge in [0.15, 0.2) is 0 Å². The van der Waals surface area contributed by atoms with Crippen molar-refractivity contribution >= 4 is 0 Å². The van der Waals surface area contributed by atoms with Crippen molar-refractivity contribution in [1.82, 2.24) is 10.2 Å². The summed E-state index contributed by atoms with van der Waals surface area (Å²) in [6.07, 6.45) is 6.81. The minimum absolute atomic E-state index is 0.272. The first-order valence-electron chi connectivity index (χ1n) is 7.98. The molecule has 1 N–H and O–H groups in total. The molecule has 0 saturated carbocycles. The second-order valence-electron chi connectivity index (χ2n) is 6.73. The number of nitrogens with one attached hydrogen (secondary N) is 1. The molecular weight excluding hydrogens is 220 g/mol. The van der Waals surface area contributed by atoms with Crippen molar-refractivity contribution in [3.63, 3.8) is 0 Å². The van der Waals surface area contributed by atoms with Gasteiger partial charge in [0.05, 0.1) is 0 Å². The Balaban J connectivity index is 2.71. The molecule has 1 rings (SSSR count). The van der Waals surface area contributed by atoms with E-state index in [2.05, 4.69) is 44.8 Å². The maximum atomic E-state index is 3.79. The lowest BCUT2D eigenvalue weighted by atomic mass is 9.84. The van der Waals surface area contributed by atoms with Gasteiger partial charge < -0.3 is 5.32 Å². The van der Waals surface area contributed by atoms with E-state index in [1.54, 1.807) is 0 Å². The molecule has 1 aliphatic heterocycles. The van der Waals surface area contributed by atoms with Gasteiger partial charge in [-0.15, -0.1) is 0 Å². The summed E-state index contributed by atoms with van der Waals surface area (Å²) in [4.78, 5) is 2.73. The summed E-state index contributed by atoms with van der Waals surface area (Å²) >= 11 is 0. The first-order valence-corrected chi connectivity index (χ1v) is 7.98. The van der Waals surface area contributed by atoms with Gasteiger partial charge in [0.1, 0.15) is 0 Å². The van der Waals surface area contributed by atoms with E-state index in [0.717, 1.165) is 6.54 Å². The molecule has 108 valence electrons. The maximum Gasteiger partial charge on any atom is 0.0308 e. The molecule has 0 bridgehead atoms. The highest BCUT2D eigenvalue weighted by atomic mass is 15.2. The molecule has 0 radical (unpaired) electrons. The minimum Gasteiger partial charge on any atom is -0.312 e. The van der Waals surface area contributed by atoms with Gasteiger partial charge in [-0.2, -0.15) is 0 Å². The van der Waals surface area contributed by atoms with Crippen molar-refractivity contribution in [3.05, 3.63) is 0 Å². The number of rotatable bonds is 6. The molecular formula is C16H34N2. The average Bonchev–Trinajstić information content (AvgIpc) is 2.57. The molecule has 2 heteroatoms. The van der Waals surface area contributed by atoms with Gasteiger partial charge in [-0.05, 0) is 58.7 Å². The third-order valence-electron chi connectivity index (χ3n) is 4.46. The quantitative estimate of drug-likeness (QED) is 0.778. The largest absolute Gasteiger partial charge is 0.312 e. The van der Waals surface area contributed by atoms with E-state index in [9.17, 15) is 0 Å². The van der Waals surface area contributed by atoms with Crippen LogP contribution in [-0.4, -0.2) is 36.1 Å². The highest BCUT2D eigenvalue weighted by Crippen LogP contribution is 2.27. The van der Waals surface area contributed by atoms with E-state index in [1.807, 2.05) is 0 Å². The van der Waals surface area contributed by atoms with Gasteiger partial charge in [-0.1, -0.05) is 33.6 Å². The molecule has 1 fully saturated rings. The lowest BCUT2D eigenvalue weighted by molar-refractivity contribution is 0.0652. The second-order valence-corrected chi connectivity index (χ2v) is 6.73. The van der Waals surface area contributed by atoms with Gasteiger partial charge in [0, 0.05) is 11.6 Å². The van der Waals surface area contributed by atoms with Crippen LogP contribution in [-0.2, 0) is 0 Å². The fourth-order valence-electron chi connectivity index (χ4n) is 3.44. The molecule has 18 heavy (non-hydrogen) atoms. The van der Waals surface area contributed by atoms with Crippen LogP contribution in [0.1, 0.15) is 66.7 Å². The molecule has 2 nitrogen and oxygen atoms in total. The fraction of sp³-hybridized carbons (Fsp3) is 1.00. The summed E-state index contributed by atoms with van der Waals surface area (Å²) in [6.45, 7) is 15.5. The van der Waals surface area contributed by atoms with Crippen LogP contribution in [0.3, 0.4) is 0 Å². The van der Waals surface area contributed by atoms with Gasteiger partial charge >= 0.3 is 0 Å². The van der Waals surface area contributed by atoms with Crippen molar-refractivity contribution in [2.45, 2.75) is 78.3 Å². The summed E-state index contributed by atoms with van der Waals surface area (Å²) in [7, 11) is 0. The Kier molecular flexibility index (Phi) is 6.65. The smallest absolute Gasteiger partial charge is 0.0308 e. The number of hydrogen-bond acceptors (Lipinski definition) is 2. The topological polar surface area (TPSA) is 15.3 Å². The summed E-state index contributed by atoms with van der Waals surface area (Å²) in [5, 5.41) is 3.79. The van der Waals surface area contributed by atoms with Gasteiger partial charge in [0.2, 0.25) is 0 Å². The lowest BCUT2D eigenvalue weighted by Crippen LogP contribution is -2.60. The van der Waals surface area contributed by atoms with E-state index in [1.165, 1.54) is 45.2 Å². The summed E-state index contributed by atoms with van der Waals surface area (Å²) < 4.78 is 0. The first-order chi connectivity index (χ1) is 8.50. The molecule has 1 aliphatic rings. The maximum absolute atomic E-state index is 3.79. The second kappa shape index (κ2) is 7.49. The van der Waals surface area contributed by atoms with Crippen molar-refractivity contribution < 1.29 is 0 Å². The first kappa shape index (κ1) is 16.0. The van der Waals surface area contributed by atoms with E-state index >= 15 is 0 Å². The lowest BCUT2D eigenvalue weighted by Gasteiger charge is -2.46. The van der Waals surface area contributed by atoms with Crippen LogP contribution in [0.25, 0.3) is 0 Å². The Bertz CT molecular complexity index is 215. The van der Waals surface area contributed by atoms with E-state index < -0.39 is 0 Å². The van der Waals surface area contributed by atoms with Gasteiger partial charge in [-0.3, -0.25) is 4.90 Å². The normalized spacial score (nSPS) is 21.0. The third kappa shape index (κ3) is 4.24. The highest BCUT2D eigenvalue weighted by molar-refractivity contribution is 4.95. The molecule has 1 atom stereocenters. The van der Waals surface area contributed by atoms with E-state index in [-0.39, 0.29) is 5.54 Å².